The lowest BCUT2D eigenvalue weighted by molar-refractivity contribution is 0.232. The summed E-state index contributed by atoms with van der Waals surface area (Å²) in [5, 5.41) is 0. The second-order valence-electron chi connectivity index (χ2n) is 4.40. The molecule has 1 atom stereocenters. The maximum atomic E-state index is 5.55. The minimum absolute atomic E-state index is 0.115. The Bertz CT molecular complexity index is 343. The molecule has 1 unspecified atom stereocenters. The van der Waals surface area contributed by atoms with E-state index in [2.05, 4.69) is 16.9 Å². The molecule has 0 amide bonds. The molecule has 5 heteroatoms. The van der Waals surface area contributed by atoms with Gasteiger partial charge in [0.15, 0.2) is 0 Å². The van der Waals surface area contributed by atoms with E-state index in [0.29, 0.717) is 24.4 Å². The van der Waals surface area contributed by atoms with Crippen LogP contribution in [0.15, 0.2) is 12.3 Å². The Labute approximate surface area is 103 Å². The molecule has 5 nitrogen and oxygen atoms in total. The third-order valence-corrected chi connectivity index (χ3v) is 2.53. The van der Waals surface area contributed by atoms with Gasteiger partial charge in [0.2, 0.25) is 11.8 Å². The molecule has 1 aromatic rings. The average molecular weight is 238 g/mol. The van der Waals surface area contributed by atoms with Gasteiger partial charge < -0.3 is 15.4 Å². The Balaban J connectivity index is 2.76. The summed E-state index contributed by atoms with van der Waals surface area (Å²) in [6.45, 7) is 6.71. The van der Waals surface area contributed by atoms with Gasteiger partial charge in [-0.1, -0.05) is 0 Å². The Morgan fingerprint density at radius 1 is 1.41 bits per heavy atom. The molecule has 0 aliphatic carbocycles. The highest BCUT2D eigenvalue weighted by Crippen LogP contribution is 2.15. The van der Waals surface area contributed by atoms with Crippen molar-refractivity contribution in [2.75, 3.05) is 18.5 Å². The van der Waals surface area contributed by atoms with Gasteiger partial charge in [-0.3, -0.25) is 0 Å². The zero-order valence-corrected chi connectivity index (χ0v) is 11.1. The standard InChI is InChI=1S/C12H22N4O/c1-9(2)17-11-6-8-14-12(15-11)16(4)10(3)5-7-13/h6,8-10H,5,7,13H2,1-4H3. The molecule has 1 rings (SSSR count). The van der Waals surface area contributed by atoms with Gasteiger partial charge in [0.1, 0.15) is 0 Å². The fraction of sp³-hybridized carbons (Fsp3) is 0.667. The van der Waals surface area contributed by atoms with Crippen LogP contribution in [0.2, 0.25) is 0 Å². The van der Waals surface area contributed by atoms with Crippen molar-refractivity contribution in [3.05, 3.63) is 12.3 Å². The molecule has 0 fully saturated rings. The van der Waals surface area contributed by atoms with Gasteiger partial charge >= 0.3 is 0 Å². The average Bonchev–Trinajstić information content (AvgIpc) is 2.28. The van der Waals surface area contributed by atoms with Crippen LogP contribution >= 0.6 is 0 Å². The third-order valence-electron chi connectivity index (χ3n) is 2.53. The minimum Gasteiger partial charge on any atom is -0.475 e. The molecule has 96 valence electrons. The van der Waals surface area contributed by atoms with E-state index < -0.39 is 0 Å². The summed E-state index contributed by atoms with van der Waals surface area (Å²) >= 11 is 0. The monoisotopic (exact) mass is 238 g/mol. The second-order valence-corrected chi connectivity index (χ2v) is 4.40. The highest BCUT2D eigenvalue weighted by atomic mass is 16.5. The zero-order chi connectivity index (χ0) is 12.8. The van der Waals surface area contributed by atoms with E-state index in [1.54, 1.807) is 12.3 Å². The first kappa shape index (κ1) is 13.7. The van der Waals surface area contributed by atoms with Crippen LogP contribution in [0.1, 0.15) is 27.2 Å². The summed E-state index contributed by atoms with van der Waals surface area (Å²) in [7, 11) is 1.97. The van der Waals surface area contributed by atoms with Crippen molar-refractivity contribution in [1.29, 1.82) is 0 Å². The number of nitrogens with two attached hydrogens (primary N) is 1. The molecule has 0 saturated heterocycles. The maximum Gasteiger partial charge on any atom is 0.228 e. The van der Waals surface area contributed by atoms with Crippen LogP contribution in [0, 0.1) is 0 Å². The van der Waals surface area contributed by atoms with Crippen molar-refractivity contribution in [2.45, 2.75) is 39.3 Å². The number of ether oxygens (including phenoxy) is 1. The predicted molar refractivity (Wildman–Crippen MR) is 69.3 cm³/mol. The summed E-state index contributed by atoms with van der Waals surface area (Å²) in [4.78, 5) is 10.6. The van der Waals surface area contributed by atoms with E-state index in [4.69, 9.17) is 10.5 Å². The second kappa shape index (κ2) is 6.39. The first-order valence-corrected chi connectivity index (χ1v) is 5.97. The maximum absolute atomic E-state index is 5.55. The quantitative estimate of drug-likeness (QED) is 0.812. The van der Waals surface area contributed by atoms with Crippen molar-refractivity contribution in [3.63, 3.8) is 0 Å². The fourth-order valence-electron chi connectivity index (χ4n) is 1.44. The van der Waals surface area contributed by atoms with Crippen molar-refractivity contribution in [3.8, 4) is 5.88 Å². The summed E-state index contributed by atoms with van der Waals surface area (Å²) in [5.74, 6) is 1.28. The topological polar surface area (TPSA) is 64.3 Å². The minimum atomic E-state index is 0.115. The van der Waals surface area contributed by atoms with E-state index in [-0.39, 0.29) is 6.10 Å². The van der Waals surface area contributed by atoms with Gasteiger partial charge in [-0.2, -0.15) is 4.98 Å². The van der Waals surface area contributed by atoms with E-state index >= 15 is 0 Å². The Kier molecular flexibility index (Phi) is 5.15. The van der Waals surface area contributed by atoms with Crippen molar-refractivity contribution in [2.24, 2.45) is 5.73 Å². The van der Waals surface area contributed by atoms with Gasteiger partial charge in [-0.25, -0.2) is 4.98 Å². The number of anilines is 1. The van der Waals surface area contributed by atoms with Gasteiger partial charge in [-0.15, -0.1) is 0 Å². The zero-order valence-electron chi connectivity index (χ0n) is 11.1. The van der Waals surface area contributed by atoms with Crippen LogP contribution < -0.4 is 15.4 Å². The molecule has 0 spiro atoms. The van der Waals surface area contributed by atoms with Crippen molar-refractivity contribution in [1.82, 2.24) is 9.97 Å². The van der Waals surface area contributed by atoms with Crippen molar-refractivity contribution >= 4 is 5.95 Å². The third kappa shape index (κ3) is 4.19. The van der Waals surface area contributed by atoms with E-state index in [9.17, 15) is 0 Å². The number of rotatable bonds is 6. The lowest BCUT2D eigenvalue weighted by Gasteiger charge is -2.24. The highest BCUT2D eigenvalue weighted by molar-refractivity contribution is 5.32. The Morgan fingerprint density at radius 3 is 2.71 bits per heavy atom. The molecule has 1 aromatic heterocycles. The number of hydrogen-bond acceptors (Lipinski definition) is 5. The van der Waals surface area contributed by atoms with E-state index in [1.807, 2.05) is 25.8 Å². The number of aromatic nitrogens is 2. The van der Waals surface area contributed by atoms with Crippen LogP contribution in [0.25, 0.3) is 0 Å². The molecule has 0 aromatic carbocycles. The summed E-state index contributed by atoms with van der Waals surface area (Å²) in [6, 6.07) is 2.08. The lowest BCUT2D eigenvalue weighted by atomic mass is 10.2. The van der Waals surface area contributed by atoms with Crippen molar-refractivity contribution < 1.29 is 4.74 Å². The van der Waals surface area contributed by atoms with Crippen LogP contribution in [0.3, 0.4) is 0 Å². The molecule has 0 aliphatic rings. The molecule has 2 N–H and O–H groups in total. The Morgan fingerprint density at radius 2 is 2.12 bits per heavy atom. The van der Waals surface area contributed by atoms with E-state index in [1.165, 1.54) is 0 Å². The van der Waals surface area contributed by atoms with Crippen LogP contribution in [0.4, 0.5) is 5.95 Å². The smallest absolute Gasteiger partial charge is 0.228 e. The highest BCUT2D eigenvalue weighted by Gasteiger charge is 2.12. The Hall–Kier alpha value is -1.36. The summed E-state index contributed by atoms with van der Waals surface area (Å²) < 4.78 is 5.54. The predicted octanol–water partition coefficient (Wildman–Crippen LogP) is 1.44. The molecule has 17 heavy (non-hydrogen) atoms. The summed E-state index contributed by atoms with van der Waals surface area (Å²) in [5.41, 5.74) is 5.55. The van der Waals surface area contributed by atoms with Gasteiger partial charge in [0.05, 0.1) is 6.10 Å². The molecule has 0 radical (unpaired) electrons. The van der Waals surface area contributed by atoms with Crippen LogP contribution in [0.5, 0.6) is 5.88 Å². The SMILES string of the molecule is CC(C)Oc1ccnc(N(C)C(C)CCN)n1. The first-order valence-electron chi connectivity index (χ1n) is 5.97. The normalized spacial score (nSPS) is 12.6. The summed E-state index contributed by atoms with van der Waals surface area (Å²) in [6.07, 6.45) is 2.74. The molecule has 0 saturated carbocycles. The van der Waals surface area contributed by atoms with Gasteiger partial charge in [-0.05, 0) is 33.7 Å². The molecule has 0 aliphatic heterocycles. The first-order chi connectivity index (χ1) is 8.04. The van der Waals surface area contributed by atoms with Crippen LogP contribution in [-0.2, 0) is 0 Å². The van der Waals surface area contributed by atoms with Crippen LogP contribution in [-0.4, -0.2) is 35.7 Å². The van der Waals surface area contributed by atoms with Gasteiger partial charge in [0.25, 0.3) is 0 Å². The molecular weight excluding hydrogens is 216 g/mol. The number of nitrogens with zero attached hydrogens (tertiary/aromatic N) is 3. The largest absolute Gasteiger partial charge is 0.475 e. The molecule has 1 heterocycles. The molecule has 0 bridgehead atoms. The van der Waals surface area contributed by atoms with E-state index in [0.717, 1.165) is 6.42 Å². The number of hydrogen-bond donors (Lipinski definition) is 1. The van der Waals surface area contributed by atoms with Gasteiger partial charge in [0, 0.05) is 25.4 Å². The fourth-order valence-corrected chi connectivity index (χ4v) is 1.44. The lowest BCUT2D eigenvalue weighted by Crippen LogP contribution is -2.32. The molecular formula is C12H22N4O.